The molecular weight excluding hydrogens is 433 g/mol. The van der Waals surface area contributed by atoms with Crippen molar-refractivity contribution in [3.8, 4) is 0 Å². The van der Waals surface area contributed by atoms with E-state index in [0.29, 0.717) is 21.3 Å². The predicted molar refractivity (Wildman–Crippen MR) is 115 cm³/mol. The number of nitrogens with one attached hydrogen (secondary N) is 1. The van der Waals surface area contributed by atoms with E-state index in [4.69, 9.17) is 11.6 Å². The number of thiophene rings is 1. The fourth-order valence-electron chi connectivity index (χ4n) is 2.65. The Labute approximate surface area is 178 Å². The lowest BCUT2D eigenvalue weighted by Gasteiger charge is -2.13. The molecule has 0 spiro atoms. The van der Waals surface area contributed by atoms with Crippen molar-refractivity contribution in [3.63, 3.8) is 0 Å². The maximum absolute atomic E-state index is 14.1. The van der Waals surface area contributed by atoms with Gasteiger partial charge in [0.15, 0.2) is 5.16 Å². The highest BCUT2D eigenvalue weighted by atomic mass is 35.5. The SMILES string of the molecule is O=C(Nn1c(SCc2c(F)cccc2Cl)nc2ccsc2c1=O)c1ccccc1. The zero-order valence-corrected chi connectivity index (χ0v) is 17.2. The van der Waals surface area contributed by atoms with Gasteiger partial charge in [-0.2, -0.15) is 4.68 Å². The van der Waals surface area contributed by atoms with Crippen LogP contribution in [0.1, 0.15) is 15.9 Å². The minimum Gasteiger partial charge on any atom is -0.267 e. The Balaban J connectivity index is 1.71. The first kappa shape index (κ1) is 19.6. The molecule has 0 atom stereocenters. The molecule has 4 rings (SSSR count). The molecule has 2 aromatic heterocycles. The first-order chi connectivity index (χ1) is 14.0. The van der Waals surface area contributed by atoms with E-state index >= 15 is 0 Å². The molecule has 146 valence electrons. The molecule has 1 N–H and O–H groups in total. The van der Waals surface area contributed by atoms with Crippen LogP contribution in [0, 0.1) is 5.82 Å². The molecule has 0 aliphatic carbocycles. The van der Waals surface area contributed by atoms with Crippen LogP contribution in [0.25, 0.3) is 10.2 Å². The van der Waals surface area contributed by atoms with Crippen LogP contribution >= 0.6 is 34.7 Å². The average Bonchev–Trinajstić information content (AvgIpc) is 3.19. The monoisotopic (exact) mass is 445 g/mol. The molecule has 0 bridgehead atoms. The van der Waals surface area contributed by atoms with E-state index in [2.05, 4.69) is 10.4 Å². The van der Waals surface area contributed by atoms with Crippen LogP contribution in [0.4, 0.5) is 4.39 Å². The second-order valence-corrected chi connectivity index (χ2v) is 8.23. The molecule has 4 aromatic rings. The largest absolute Gasteiger partial charge is 0.291 e. The van der Waals surface area contributed by atoms with Crippen LogP contribution in [-0.4, -0.2) is 15.6 Å². The Hall–Kier alpha value is -2.68. The number of carbonyl (C=O) groups excluding carboxylic acids is 1. The lowest BCUT2D eigenvalue weighted by molar-refractivity contribution is 0.100. The summed E-state index contributed by atoms with van der Waals surface area (Å²) in [6.45, 7) is 0. The fraction of sp³-hybridized carbons (Fsp3) is 0.0500. The van der Waals surface area contributed by atoms with E-state index in [0.717, 1.165) is 16.4 Å². The van der Waals surface area contributed by atoms with Crippen LogP contribution in [-0.2, 0) is 5.75 Å². The standard InChI is InChI=1S/C20H13ClFN3O2S2/c21-14-7-4-8-15(22)13(14)11-29-20-23-16-9-10-28-17(16)19(27)25(20)24-18(26)12-5-2-1-3-6-12/h1-10H,11H2,(H,24,26). The summed E-state index contributed by atoms with van der Waals surface area (Å²) in [6, 6.07) is 14.7. The molecule has 2 heterocycles. The maximum atomic E-state index is 14.1. The zero-order chi connectivity index (χ0) is 20.4. The summed E-state index contributed by atoms with van der Waals surface area (Å²) in [6.07, 6.45) is 0. The highest BCUT2D eigenvalue weighted by Crippen LogP contribution is 2.28. The van der Waals surface area contributed by atoms with Gasteiger partial charge >= 0.3 is 0 Å². The Morgan fingerprint density at radius 2 is 1.97 bits per heavy atom. The first-order valence-corrected chi connectivity index (χ1v) is 10.7. The fourth-order valence-corrected chi connectivity index (χ4v) is 4.71. The summed E-state index contributed by atoms with van der Waals surface area (Å²) in [4.78, 5) is 30.0. The van der Waals surface area contributed by atoms with Gasteiger partial charge in [0.1, 0.15) is 10.5 Å². The van der Waals surface area contributed by atoms with Gasteiger partial charge < -0.3 is 0 Å². The number of nitrogens with zero attached hydrogens (tertiary/aromatic N) is 2. The Morgan fingerprint density at radius 1 is 1.17 bits per heavy atom. The molecule has 2 aromatic carbocycles. The van der Waals surface area contributed by atoms with Crippen molar-refractivity contribution in [2.24, 2.45) is 0 Å². The second kappa shape index (κ2) is 8.36. The quantitative estimate of drug-likeness (QED) is 0.349. The van der Waals surface area contributed by atoms with E-state index in [1.807, 2.05) is 0 Å². The molecule has 29 heavy (non-hydrogen) atoms. The summed E-state index contributed by atoms with van der Waals surface area (Å²) < 4.78 is 15.6. The van der Waals surface area contributed by atoms with Crippen molar-refractivity contribution >= 4 is 50.8 Å². The lowest BCUT2D eigenvalue weighted by Crippen LogP contribution is -2.34. The first-order valence-electron chi connectivity index (χ1n) is 8.47. The van der Waals surface area contributed by atoms with E-state index in [1.165, 1.54) is 23.5 Å². The molecule has 0 unspecified atom stereocenters. The predicted octanol–water partition coefficient (Wildman–Crippen LogP) is 4.93. The van der Waals surface area contributed by atoms with Crippen molar-refractivity contribution in [1.82, 2.24) is 9.66 Å². The minimum atomic E-state index is -0.448. The molecule has 0 saturated carbocycles. The average molecular weight is 446 g/mol. The van der Waals surface area contributed by atoms with Crippen molar-refractivity contribution in [1.29, 1.82) is 0 Å². The van der Waals surface area contributed by atoms with Gasteiger partial charge in [-0.3, -0.25) is 15.0 Å². The number of aromatic nitrogens is 2. The number of hydrogen-bond donors (Lipinski definition) is 1. The molecule has 1 amide bonds. The molecule has 9 heteroatoms. The van der Waals surface area contributed by atoms with Gasteiger partial charge in [-0.05, 0) is 35.7 Å². The Morgan fingerprint density at radius 3 is 2.72 bits per heavy atom. The van der Waals surface area contributed by atoms with E-state index in [1.54, 1.807) is 47.8 Å². The Bertz CT molecular complexity index is 1240. The summed E-state index contributed by atoms with van der Waals surface area (Å²) >= 11 is 8.46. The number of hydrogen-bond acceptors (Lipinski definition) is 5. The van der Waals surface area contributed by atoms with Crippen LogP contribution in [0.3, 0.4) is 0 Å². The van der Waals surface area contributed by atoms with Crippen LogP contribution in [0.2, 0.25) is 5.02 Å². The summed E-state index contributed by atoms with van der Waals surface area (Å²) in [7, 11) is 0. The number of fused-ring (bicyclic) bond motifs is 1. The third kappa shape index (κ3) is 4.05. The summed E-state index contributed by atoms with van der Waals surface area (Å²) in [5, 5.41) is 2.28. The number of thioether (sulfide) groups is 1. The van der Waals surface area contributed by atoms with Crippen molar-refractivity contribution in [2.45, 2.75) is 10.9 Å². The molecule has 0 saturated heterocycles. The molecule has 0 fully saturated rings. The van der Waals surface area contributed by atoms with Crippen LogP contribution in [0.15, 0.2) is 69.9 Å². The minimum absolute atomic E-state index is 0.148. The van der Waals surface area contributed by atoms with Gasteiger partial charge in [0, 0.05) is 21.9 Å². The highest BCUT2D eigenvalue weighted by molar-refractivity contribution is 7.98. The smallest absolute Gasteiger partial charge is 0.267 e. The Kier molecular flexibility index (Phi) is 5.66. The van der Waals surface area contributed by atoms with Crippen LogP contribution < -0.4 is 11.0 Å². The molecule has 0 aliphatic rings. The highest BCUT2D eigenvalue weighted by Gasteiger charge is 2.17. The van der Waals surface area contributed by atoms with E-state index in [9.17, 15) is 14.0 Å². The second-order valence-electron chi connectivity index (χ2n) is 5.97. The van der Waals surface area contributed by atoms with Crippen molar-refractivity contribution in [3.05, 3.63) is 92.3 Å². The normalized spacial score (nSPS) is 11.0. The van der Waals surface area contributed by atoms with Gasteiger partial charge in [0.25, 0.3) is 11.5 Å². The van der Waals surface area contributed by atoms with Gasteiger partial charge in [0.2, 0.25) is 0 Å². The zero-order valence-electron chi connectivity index (χ0n) is 14.8. The van der Waals surface area contributed by atoms with Crippen molar-refractivity contribution < 1.29 is 9.18 Å². The number of rotatable bonds is 5. The van der Waals surface area contributed by atoms with Crippen LogP contribution in [0.5, 0.6) is 0 Å². The molecular formula is C20H13ClFN3O2S2. The van der Waals surface area contributed by atoms with Gasteiger partial charge in [0.05, 0.1) is 5.52 Å². The molecule has 0 radical (unpaired) electrons. The number of benzene rings is 2. The lowest BCUT2D eigenvalue weighted by atomic mass is 10.2. The van der Waals surface area contributed by atoms with E-state index in [-0.39, 0.29) is 15.9 Å². The third-order valence-corrected chi connectivity index (χ3v) is 6.32. The van der Waals surface area contributed by atoms with Gasteiger partial charge in [-0.25, -0.2) is 9.37 Å². The summed E-state index contributed by atoms with van der Waals surface area (Å²) in [5.74, 6) is -0.741. The summed E-state index contributed by atoms with van der Waals surface area (Å²) in [5.41, 5.74) is 3.44. The third-order valence-electron chi connectivity index (χ3n) is 4.11. The van der Waals surface area contributed by atoms with E-state index < -0.39 is 17.3 Å². The topological polar surface area (TPSA) is 64.0 Å². The van der Waals surface area contributed by atoms with Gasteiger partial charge in [-0.15, -0.1) is 11.3 Å². The number of carbonyl (C=O) groups is 1. The maximum Gasteiger partial charge on any atom is 0.291 e. The van der Waals surface area contributed by atoms with Crippen molar-refractivity contribution in [2.75, 3.05) is 5.43 Å². The molecule has 0 aliphatic heterocycles. The molecule has 5 nitrogen and oxygen atoms in total. The van der Waals surface area contributed by atoms with Gasteiger partial charge in [-0.1, -0.05) is 47.6 Å². The number of amides is 1. The number of halogens is 2.